The van der Waals surface area contributed by atoms with Crippen molar-refractivity contribution in [1.29, 1.82) is 0 Å². The summed E-state index contributed by atoms with van der Waals surface area (Å²) in [7, 11) is 1.55. The van der Waals surface area contributed by atoms with Gasteiger partial charge in [0, 0.05) is 30.9 Å². The molecule has 0 aliphatic carbocycles. The van der Waals surface area contributed by atoms with Crippen LogP contribution in [0.15, 0.2) is 55.1 Å². The van der Waals surface area contributed by atoms with Gasteiger partial charge in [-0.05, 0) is 43.7 Å². The number of aryl methyl sites for hydroxylation is 1. The molecule has 144 valence electrons. The molecule has 0 radical (unpaired) electrons. The molecule has 0 aromatic heterocycles. The molecule has 0 unspecified atom stereocenters. The van der Waals surface area contributed by atoms with Crippen LogP contribution in [-0.4, -0.2) is 39.3 Å². The first-order chi connectivity index (χ1) is 13.1. The first kappa shape index (κ1) is 20.4. The van der Waals surface area contributed by atoms with Crippen molar-refractivity contribution in [2.75, 3.05) is 38.3 Å². The van der Waals surface area contributed by atoms with Crippen LogP contribution in [0.25, 0.3) is 0 Å². The van der Waals surface area contributed by atoms with E-state index in [0.29, 0.717) is 30.2 Å². The minimum Gasteiger partial charge on any atom is -0.493 e. The van der Waals surface area contributed by atoms with Gasteiger partial charge in [0.05, 0.1) is 7.11 Å². The summed E-state index contributed by atoms with van der Waals surface area (Å²) >= 11 is 0. The highest BCUT2D eigenvalue weighted by atomic mass is 16.5. The molecule has 0 spiro atoms. The van der Waals surface area contributed by atoms with E-state index in [1.54, 1.807) is 31.4 Å². The van der Waals surface area contributed by atoms with Crippen molar-refractivity contribution in [3.05, 3.63) is 66.2 Å². The van der Waals surface area contributed by atoms with Crippen molar-refractivity contribution >= 4 is 11.6 Å². The Hall–Kier alpha value is -2.95. The SMILES string of the molecule is C=CCOc1ccc(C(=O)NCCN(CC)c2ccccc2C)cc1OC. The number of carbonyl (C=O) groups excluding carboxylic acids is 1. The van der Waals surface area contributed by atoms with Gasteiger partial charge in [-0.15, -0.1) is 0 Å². The van der Waals surface area contributed by atoms with Gasteiger partial charge < -0.3 is 19.7 Å². The number of anilines is 1. The van der Waals surface area contributed by atoms with Crippen LogP contribution in [0.3, 0.4) is 0 Å². The zero-order valence-corrected chi connectivity index (χ0v) is 16.3. The maximum absolute atomic E-state index is 12.5. The molecule has 0 fully saturated rings. The second kappa shape index (κ2) is 10.3. The predicted molar refractivity (Wildman–Crippen MR) is 110 cm³/mol. The topological polar surface area (TPSA) is 50.8 Å². The monoisotopic (exact) mass is 368 g/mol. The van der Waals surface area contributed by atoms with Crippen LogP contribution in [0, 0.1) is 6.92 Å². The van der Waals surface area contributed by atoms with E-state index in [4.69, 9.17) is 9.47 Å². The van der Waals surface area contributed by atoms with Gasteiger partial charge in [-0.2, -0.15) is 0 Å². The molecule has 1 N–H and O–H groups in total. The van der Waals surface area contributed by atoms with Crippen LogP contribution >= 0.6 is 0 Å². The number of carbonyl (C=O) groups is 1. The number of nitrogens with zero attached hydrogens (tertiary/aromatic N) is 1. The second-order valence-electron chi connectivity index (χ2n) is 6.09. The van der Waals surface area contributed by atoms with Gasteiger partial charge in [0.25, 0.3) is 5.91 Å². The maximum atomic E-state index is 12.5. The highest BCUT2D eigenvalue weighted by Gasteiger charge is 2.12. The van der Waals surface area contributed by atoms with Gasteiger partial charge in [-0.25, -0.2) is 0 Å². The zero-order valence-electron chi connectivity index (χ0n) is 16.3. The summed E-state index contributed by atoms with van der Waals surface area (Å²) in [5, 5.41) is 2.97. The standard InChI is InChI=1S/C22H28N2O3/c1-5-15-27-20-12-11-18(16-21(20)26-4)22(25)23-13-14-24(6-2)19-10-8-7-9-17(19)3/h5,7-12,16H,1,6,13-15H2,2-4H3,(H,23,25). The molecule has 1 amide bonds. The quantitative estimate of drug-likeness (QED) is 0.648. The zero-order chi connectivity index (χ0) is 19.6. The predicted octanol–water partition coefficient (Wildman–Crippen LogP) is 3.82. The minimum atomic E-state index is -0.135. The number of ether oxygens (including phenoxy) is 2. The average Bonchev–Trinajstić information content (AvgIpc) is 2.70. The normalized spacial score (nSPS) is 10.2. The fourth-order valence-corrected chi connectivity index (χ4v) is 2.85. The summed E-state index contributed by atoms with van der Waals surface area (Å²) in [6.45, 7) is 10.4. The summed E-state index contributed by atoms with van der Waals surface area (Å²) in [4.78, 5) is 14.7. The number of methoxy groups -OCH3 is 1. The Morgan fingerprint density at radius 2 is 2.00 bits per heavy atom. The van der Waals surface area contributed by atoms with E-state index in [2.05, 4.69) is 42.8 Å². The van der Waals surface area contributed by atoms with E-state index >= 15 is 0 Å². The Labute approximate surface area is 161 Å². The minimum absolute atomic E-state index is 0.135. The first-order valence-electron chi connectivity index (χ1n) is 9.11. The number of para-hydroxylation sites is 1. The van der Waals surface area contributed by atoms with Crippen LogP contribution in [-0.2, 0) is 0 Å². The van der Waals surface area contributed by atoms with Gasteiger partial charge in [0.15, 0.2) is 11.5 Å². The van der Waals surface area contributed by atoms with Crippen molar-refractivity contribution in [1.82, 2.24) is 5.32 Å². The molecule has 5 heteroatoms. The second-order valence-corrected chi connectivity index (χ2v) is 6.09. The van der Waals surface area contributed by atoms with Crippen LogP contribution in [0.2, 0.25) is 0 Å². The summed E-state index contributed by atoms with van der Waals surface area (Å²) in [6.07, 6.45) is 1.66. The Morgan fingerprint density at radius 1 is 1.22 bits per heavy atom. The van der Waals surface area contributed by atoms with Crippen molar-refractivity contribution in [2.45, 2.75) is 13.8 Å². The van der Waals surface area contributed by atoms with Crippen LogP contribution in [0.1, 0.15) is 22.8 Å². The number of rotatable bonds is 10. The van der Waals surface area contributed by atoms with E-state index < -0.39 is 0 Å². The third-order valence-corrected chi connectivity index (χ3v) is 4.29. The van der Waals surface area contributed by atoms with E-state index in [1.165, 1.54) is 11.3 Å². The van der Waals surface area contributed by atoms with Gasteiger partial charge >= 0.3 is 0 Å². The summed E-state index contributed by atoms with van der Waals surface area (Å²) in [5.41, 5.74) is 2.96. The molecular formula is C22H28N2O3. The third kappa shape index (κ3) is 5.51. The van der Waals surface area contributed by atoms with Crippen LogP contribution in [0.5, 0.6) is 11.5 Å². The molecule has 27 heavy (non-hydrogen) atoms. The van der Waals surface area contributed by atoms with Gasteiger partial charge in [-0.3, -0.25) is 4.79 Å². The lowest BCUT2D eigenvalue weighted by atomic mass is 10.1. The average molecular weight is 368 g/mol. The molecule has 2 aromatic rings. The van der Waals surface area contributed by atoms with E-state index in [0.717, 1.165) is 13.1 Å². The molecule has 0 aliphatic heterocycles. The summed E-state index contributed by atoms with van der Waals surface area (Å²) in [5.74, 6) is 0.981. The van der Waals surface area contributed by atoms with Crippen molar-refractivity contribution in [3.63, 3.8) is 0 Å². The van der Waals surface area contributed by atoms with E-state index in [9.17, 15) is 4.79 Å². The van der Waals surface area contributed by atoms with Crippen LogP contribution in [0.4, 0.5) is 5.69 Å². The summed E-state index contributed by atoms with van der Waals surface area (Å²) < 4.78 is 10.8. The Bertz CT molecular complexity index is 774. The Kier molecular flexibility index (Phi) is 7.74. The molecule has 0 aliphatic rings. The number of hydrogen-bond acceptors (Lipinski definition) is 4. The van der Waals surface area contributed by atoms with Crippen molar-refractivity contribution in [3.8, 4) is 11.5 Å². The molecule has 0 bridgehead atoms. The van der Waals surface area contributed by atoms with Gasteiger partial charge in [0.2, 0.25) is 0 Å². The highest BCUT2D eigenvalue weighted by Crippen LogP contribution is 2.28. The molecule has 0 saturated carbocycles. The highest BCUT2D eigenvalue weighted by molar-refractivity contribution is 5.94. The molecule has 0 heterocycles. The number of amides is 1. The summed E-state index contributed by atoms with van der Waals surface area (Å²) in [6, 6.07) is 13.4. The molecule has 0 saturated heterocycles. The van der Waals surface area contributed by atoms with Crippen molar-refractivity contribution in [2.24, 2.45) is 0 Å². The van der Waals surface area contributed by atoms with Gasteiger partial charge in [-0.1, -0.05) is 30.9 Å². The number of hydrogen-bond donors (Lipinski definition) is 1. The molecule has 5 nitrogen and oxygen atoms in total. The third-order valence-electron chi connectivity index (χ3n) is 4.29. The number of likely N-dealkylation sites (N-methyl/N-ethyl adjacent to an activating group) is 1. The first-order valence-corrected chi connectivity index (χ1v) is 9.11. The maximum Gasteiger partial charge on any atom is 0.251 e. The lowest BCUT2D eigenvalue weighted by Gasteiger charge is -2.25. The molecule has 2 rings (SSSR count). The fraction of sp³-hybridized carbons (Fsp3) is 0.318. The van der Waals surface area contributed by atoms with E-state index in [1.807, 2.05) is 12.1 Å². The number of nitrogens with one attached hydrogen (secondary N) is 1. The Balaban J connectivity index is 1.96. The van der Waals surface area contributed by atoms with E-state index in [-0.39, 0.29) is 5.91 Å². The van der Waals surface area contributed by atoms with Crippen LogP contribution < -0.4 is 19.7 Å². The van der Waals surface area contributed by atoms with Crippen molar-refractivity contribution < 1.29 is 14.3 Å². The largest absolute Gasteiger partial charge is 0.493 e. The van der Waals surface area contributed by atoms with Gasteiger partial charge in [0.1, 0.15) is 6.61 Å². The smallest absolute Gasteiger partial charge is 0.251 e. The molecular weight excluding hydrogens is 340 g/mol. The number of benzene rings is 2. The fourth-order valence-electron chi connectivity index (χ4n) is 2.85. The lowest BCUT2D eigenvalue weighted by Crippen LogP contribution is -2.35. The lowest BCUT2D eigenvalue weighted by molar-refractivity contribution is 0.0954. The molecule has 0 atom stereocenters. The molecule has 2 aromatic carbocycles. The Morgan fingerprint density at radius 3 is 2.67 bits per heavy atom.